The Morgan fingerprint density at radius 2 is 1.21 bits per heavy atom. The highest BCUT2D eigenvalue weighted by atomic mass is 16.5. The van der Waals surface area contributed by atoms with Gasteiger partial charge in [-0.2, -0.15) is 0 Å². The van der Waals surface area contributed by atoms with Crippen LogP contribution in [0, 0.1) is 0 Å². The SMILES string of the molecule is CCCCCCCCCCCCCCCCCC(=O)N[C@@H](Cc1ccccc1)C(=O)OC(C)C. The number of hydrogen-bond donors (Lipinski definition) is 1. The van der Waals surface area contributed by atoms with Crippen LogP contribution in [0.25, 0.3) is 0 Å². The summed E-state index contributed by atoms with van der Waals surface area (Å²) in [6, 6.07) is 9.14. The quantitative estimate of drug-likeness (QED) is 0.146. The summed E-state index contributed by atoms with van der Waals surface area (Å²) in [5.41, 5.74) is 1.01. The summed E-state index contributed by atoms with van der Waals surface area (Å²) in [4.78, 5) is 24.9. The summed E-state index contributed by atoms with van der Waals surface area (Å²) in [6.45, 7) is 5.93. The lowest BCUT2D eigenvalue weighted by molar-refractivity contribution is -0.151. The Hall–Kier alpha value is -1.84. The van der Waals surface area contributed by atoms with Crippen LogP contribution in [0.1, 0.15) is 129 Å². The molecule has 1 aromatic carbocycles. The minimum atomic E-state index is -0.631. The van der Waals surface area contributed by atoms with Gasteiger partial charge in [-0.25, -0.2) is 4.79 Å². The molecule has 194 valence electrons. The maximum Gasteiger partial charge on any atom is 0.329 e. The second-order valence-electron chi connectivity index (χ2n) is 10.00. The monoisotopic (exact) mass is 473 g/mol. The van der Waals surface area contributed by atoms with Gasteiger partial charge in [0.2, 0.25) is 5.91 Å². The van der Waals surface area contributed by atoms with Crippen LogP contribution >= 0.6 is 0 Å². The number of carbonyl (C=O) groups is 2. The highest BCUT2D eigenvalue weighted by Gasteiger charge is 2.23. The molecule has 1 aromatic rings. The second-order valence-corrected chi connectivity index (χ2v) is 10.00. The van der Waals surface area contributed by atoms with Gasteiger partial charge in [0.05, 0.1) is 6.10 Å². The molecule has 1 amide bonds. The molecule has 0 radical (unpaired) electrons. The molecule has 1 rings (SSSR count). The second kappa shape index (κ2) is 20.5. The molecule has 0 bridgehead atoms. The van der Waals surface area contributed by atoms with E-state index >= 15 is 0 Å². The number of rotatable bonds is 21. The first-order chi connectivity index (χ1) is 16.5. The van der Waals surface area contributed by atoms with Gasteiger partial charge in [-0.15, -0.1) is 0 Å². The summed E-state index contributed by atoms with van der Waals surface area (Å²) in [6.07, 6.45) is 20.3. The minimum absolute atomic E-state index is 0.0590. The smallest absolute Gasteiger partial charge is 0.329 e. The average Bonchev–Trinajstić information content (AvgIpc) is 2.81. The van der Waals surface area contributed by atoms with Gasteiger partial charge in [-0.05, 0) is 25.8 Å². The molecule has 0 spiro atoms. The summed E-state index contributed by atoms with van der Waals surface area (Å²) < 4.78 is 5.36. The van der Waals surface area contributed by atoms with Crippen molar-refractivity contribution < 1.29 is 14.3 Å². The molecule has 0 aromatic heterocycles. The molecule has 0 heterocycles. The molecule has 4 nitrogen and oxygen atoms in total. The lowest BCUT2D eigenvalue weighted by atomic mass is 10.0. The third kappa shape index (κ3) is 16.7. The highest BCUT2D eigenvalue weighted by Crippen LogP contribution is 2.14. The van der Waals surface area contributed by atoms with Gasteiger partial charge in [0.25, 0.3) is 0 Å². The van der Waals surface area contributed by atoms with E-state index < -0.39 is 6.04 Å². The van der Waals surface area contributed by atoms with Crippen molar-refractivity contribution in [2.24, 2.45) is 0 Å². The van der Waals surface area contributed by atoms with Gasteiger partial charge in [0.15, 0.2) is 0 Å². The van der Waals surface area contributed by atoms with Crippen LogP contribution in [0.5, 0.6) is 0 Å². The first-order valence-electron chi connectivity index (χ1n) is 14.1. The van der Waals surface area contributed by atoms with Crippen molar-refractivity contribution in [3.63, 3.8) is 0 Å². The molecule has 1 atom stereocenters. The van der Waals surface area contributed by atoms with Crippen molar-refractivity contribution in [3.05, 3.63) is 35.9 Å². The van der Waals surface area contributed by atoms with Crippen molar-refractivity contribution in [3.8, 4) is 0 Å². The van der Waals surface area contributed by atoms with E-state index in [9.17, 15) is 9.59 Å². The van der Waals surface area contributed by atoms with Gasteiger partial charge in [-0.3, -0.25) is 4.79 Å². The molecule has 0 saturated carbocycles. The fourth-order valence-electron chi connectivity index (χ4n) is 4.28. The zero-order valence-electron chi connectivity index (χ0n) is 22.3. The number of amides is 1. The highest BCUT2D eigenvalue weighted by molar-refractivity contribution is 5.84. The van der Waals surface area contributed by atoms with E-state index in [-0.39, 0.29) is 18.0 Å². The number of benzene rings is 1. The van der Waals surface area contributed by atoms with Crippen LogP contribution in [0.3, 0.4) is 0 Å². The zero-order valence-corrected chi connectivity index (χ0v) is 22.3. The summed E-state index contributed by atoms with van der Waals surface area (Å²) >= 11 is 0. The minimum Gasteiger partial charge on any atom is -0.461 e. The van der Waals surface area contributed by atoms with E-state index in [1.54, 1.807) is 0 Å². The molecule has 0 aliphatic rings. The van der Waals surface area contributed by atoms with E-state index in [2.05, 4.69) is 12.2 Å². The maximum atomic E-state index is 12.5. The molecule has 0 fully saturated rings. The third-order valence-electron chi connectivity index (χ3n) is 6.26. The largest absolute Gasteiger partial charge is 0.461 e. The predicted octanol–water partition coefficient (Wildman–Crippen LogP) is 7.93. The summed E-state index contributed by atoms with van der Waals surface area (Å²) in [5, 5.41) is 2.91. The lowest BCUT2D eigenvalue weighted by Crippen LogP contribution is -2.44. The molecule has 0 saturated heterocycles. The maximum absolute atomic E-state index is 12.5. The molecular weight excluding hydrogens is 422 g/mol. The van der Waals surface area contributed by atoms with Gasteiger partial charge in [0.1, 0.15) is 6.04 Å². The Balaban J connectivity index is 2.09. The molecular formula is C30H51NO3. The lowest BCUT2D eigenvalue weighted by Gasteiger charge is -2.19. The summed E-state index contributed by atoms with van der Waals surface area (Å²) in [5.74, 6) is -0.417. The molecule has 0 aliphatic carbocycles. The number of nitrogens with one attached hydrogen (secondary N) is 1. The summed E-state index contributed by atoms with van der Waals surface area (Å²) in [7, 11) is 0. The van der Waals surface area contributed by atoms with Gasteiger partial charge in [-0.1, -0.05) is 127 Å². The number of ether oxygens (including phenoxy) is 1. The number of unbranched alkanes of at least 4 members (excludes halogenated alkanes) is 14. The molecule has 34 heavy (non-hydrogen) atoms. The van der Waals surface area contributed by atoms with Gasteiger partial charge >= 0.3 is 5.97 Å². The number of esters is 1. The average molecular weight is 474 g/mol. The Morgan fingerprint density at radius 1 is 0.735 bits per heavy atom. The Labute approximate surface area is 209 Å². The van der Waals surface area contributed by atoms with E-state index in [1.807, 2.05) is 44.2 Å². The van der Waals surface area contributed by atoms with Gasteiger partial charge < -0.3 is 10.1 Å². The number of carbonyl (C=O) groups excluding carboxylic acids is 2. The standard InChI is InChI=1S/C30H51NO3/c1-4-5-6-7-8-9-10-11-12-13-14-15-16-17-21-24-29(32)31-28(30(33)34-26(2)3)25-27-22-19-18-20-23-27/h18-20,22-23,26,28H,4-17,21,24-25H2,1-3H3,(H,31,32)/t28-/m0/s1. The van der Waals surface area contributed by atoms with Crippen LogP contribution < -0.4 is 5.32 Å². The third-order valence-corrected chi connectivity index (χ3v) is 6.26. The topological polar surface area (TPSA) is 55.4 Å². The van der Waals surface area contributed by atoms with E-state index in [0.29, 0.717) is 12.8 Å². The van der Waals surface area contributed by atoms with Crippen LogP contribution in [-0.2, 0) is 20.7 Å². The van der Waals surface area contributed by atoms with Crippen LogP contribution in [0.4, 0.5) is 0 Å². The van der Waals surface area contributed by atoms with Crippen molar-refractivity contribution in [1.82, 2.24) is 5.32 Å². The molecule has 0 unspecified atom stereocenters. The van der Waals surface area contributed by atoms with E-state index in [0.717, 1.165) is 18.4 Å². The fraction of sp³-hybridized carbons (Fsp3) is 0.733. The first kappa shape index (κ1) is 30.2. The Kier molecular flexibility index (Phi) is 18.2. The van der Waals surface area contributed by atoms with Crippen molar-refractivity contribution in [2.45, 2.75) is 142 Å². The Morgan fingerprint density at radius 3 is 1.68 bits per heavy atom. The van der Waals surface area contributed by atoms with Crippen molar-refractivity contribution in [1.29, 1.82) is 0 Å². The van der Waals surface area contributed by atoms with E-state index in [4.69, 9.17) is 4.74 Å². The normalized spacial score (nSPS) is 12.0. The Bertz CT molecular complexity index is 629. The van der Waals surface area contributed by atoms with Gasteiger partial charge in [0, 0.05) is 12.8 Å². The first-order valence-corrected chi connectivity index (χ1v) is 14.1. The zero-order chi connectivity index (χ0) is 24.9. The van der Waals surface area contributed by atoms with Crippen LogP contribution in [-0.4, -0.2) is 24.0 Å². The van der Waals surface area contributed by atoms with Crippen molar-refractivity contribution >= 4 is 11.9 Å². The van der Waals surface area contributed by atoms with Crippen molar-refractivity contribution in [2.75, 3.05) is 0 Å². The fourth-order valence-corrected chi connectivity index (χ4v) is 4.28. The molecule has 1 N–H and O–H groups in total. The van der Waals surface area contributed by atoms with Crippen LogP contribution in [0.2, 0.25) is 0 Å². The number of hydrogen-bond acceptors (Lipinski definition) is 3. The van der Waals surface area contributed by atoms with E-state index in [1.165, 1.54) is 83.5 Å². The van der Waals surface area contributed by atoms with Crippen LogP contribution in [0.15, 0.2) is 30.3 Å². The predicted molar refractivity (Wildman–Crippen MR) is 143 cm³/mol. The molecule has 0 aliphatic heterocycles. The molecule has 4 heteroatoms.